The van der Waals surface area contributed by atoms with Crippen LogP contribution < -0.4 is 5.48 Å². The molecular formula is C11H9ClN2O3. The van der Waals surface area contributed by atoms with E-state index >= 15 is 0 Å². The molecule has 0 aliphatic heterocycles. The van der Waals surface area contributed by atoms with Gasteiger partial charge < -0.3 is 5.11 Å². The summed E-state index contributed by atoms with van der Waals surface area (Å²) in [5.74, 6) is -1.04. The summed E-state index contributed by atoms with van der Waals surface area (Å²) >= 11 is 5.85. The minimum atomic E-state index is -1.04. The molecule has 1 aromatic carbocycles. The van der Waals surface area contributed by atoms with Crippen LogP contribution >= 0.6 is 11.6 Å². The van der Waals surface area contributed by atoms with Crippen molar-refractivity contribution in [2.75, 3.05) is 12.1 Å². The highest BCUT2D eigenvalue weighted by molar-refractivity contribution is 6.31. The minimum Gasteiger partial charge on any atom is -0.479 e. The van der Waals surface area contributed by atoms with E-state index < -0.39 is 12.6 Å². The Balaban J connectivity index is 2.25. The number of hydrogen-bond donors (Lipinski definition) is 2. The summed E-state index contributed by atoms with van der Waals surface area (Å²) in [7, 11) is 0. The van der Waals surface area contributed by atoms with Crippen LogP contribution in [0.1, 0.15) is 0 Å². The lowest BCUT2D eigenvalue weighted by Crippen LogP contribution is -2.11. The van der Waals surface area contributed by atoms with Gasteiger partial charge in [-0.3, -0.25) is 15.3 Å². The number of halogens is 1. The lowest BCUT2D eigenvalue weighted by atomic mass is 10.2. The predicted molar refractivity (Wildman–Crippen MR) is 64.0 cm³/mol. The van der Waals surface area contributed by atoms with Gasteiger partial charge in [0.2, 0.25) is 0 Å². The monoisotopic (exact) mass is 252 g/mol. The minimum absolute atomic E-state index is 0.419. The van der Waals surface area contributed by atoms with Gasteiger partial charge in [0.15, 0.2) is 6.61 Å². The van der Waals surface area contributed by atoms with Crippen molar-refractivity contribution in [2.45, 2.75) is 0 Å². The van der Waals surface area contributed by atoms with E-state index in [9.17, 15) is 4.79 Å². The summed E-state index contributed by atoms with van der Waals surface area (Å²) in [4.78, 5) is 19.3. The molecular weight excluding hydrogens is 244 g/mol. The Morgan fingerprint density at radius 3 is 3.06 bits per heavy atom. The van der Waals surface area contributed by atoms with Gasteiger partial charge in [-0.1, -0.05) is 11.6 Å². The van der Waals surface area contributed by atoms with Gasteiger partial charge in [-0.25, -0.2) is 4.79 Å². The Bertz CT molecular complexity index is 559. The van der Waals surface area contributed by atoms with Crippen LogP contribution in [0.25, 0.3) is 10.9 Å². The summed E-state index contributed by atoms with van der Waals surface area (Å²) in [6.45, 7) is -0.419. The van der Waals surface area contributed by atoms with Crippen molar-refractivity contribution in [2.24, 2.45) is 0 Å². The molecule has 0 aliphatic carbocycles. The average molecular weight is 253 g/mol. The van der Waals surface area contributed by atoms with Crippen LogP contribution in [0.15, 0.2) is 30.5 Å². The molecule has 0 aliphatic rings. The molecule has 2 rings (SSSR count). The molecule has 0 fully saturated rings. The number of carboxylic acid groups (broad SMARTS) is 1. The number of nitrogens with one attached hydrogen (secondary N) is 1. The fourth-order valence-electron chi connectivity index (χ4n) is 1.39. The van der Waals surface area contributed by atoms with Gasteiger partial charge in [-0.15, -0.1) is 0 Å². The molecule has 0 spiro atoms. The second-order valence-corrected chi connectivity index (χ2v) is 3.74. The van der Waals surface area contributed by atoms with Crippen molar-refractivity contribution >= 4 is 34.2 Å². The topological polar surface area (TPSA) is 71.5 Å². The number of hydrogen-bond acceptors (Lipinski definition) is 4. The number of aliphatic carboxylic acids is 1. The highest BCUT2D eigenvalue weighted by atomic mass is 35.5. The first-order valence-corrected chi connectivity index (χ1v) is 5.18. The van der Waals surface area contributed by atoms with Crippen LogP contribution in [-0.2, 0) is 9.63 Å². The normalized spacial score (nSPS) is 10.4. The fraction of sp³-hybridized carbons (Fsp3) is 0.0909. The van der Waals surface area contributed by atoms with Crippen LogP contribution in [0.4, 0.5) is 5.69 Å². The van der Waals surface area contributed by atoms with Crippen molar-refractivity contribution in [3.05, 3.63) is 35.5 Å². The molecule has 6 heteroatoms. The van der Waals surface area contributed by atoms with Gasteiger partial charge in [0.1, 0.15) is 0 Å². The molecule has 88 valence electrons. The maximum Gasteiger partial charge on any atom is 0.332 e. The van der Waals surface area contributed by atoms with Crippen molar-refractivity contribution < 1.29 is 14.7 Å². The Labute approximate surface area is 102 Å². The number of anilines is 1. The van der Waals surface area contributed by atoms with E-state index in [2.05, 4.69) is 10.5 Å². The van der Waals surface area contributed by atoms with E-state index in [1.807, 2.05) is 0 Å². The van der Waals surface area contributed by atoms with E-state index in [0.717, 1.165) is 5.39 Å². The number of aromatic nitrogens is 1. The smallest absolute Gasteiger partial charge is 0.332 e. The zero-order chi connectivity index (χ0) is 12.3. The van der Waals surface area contributed by atoms with Gasteiger partial charge in [-0.05, 0) is 24.3 Å². The van der Waals surface area contributed by atoms with E-state index in [-0.39, 0.29) is 0 Å². The summed E-state index contributed by atoms with van der Waals surface area (Å²) < 4.78 is 0. The Kier molecular flexibility index (Phi) is 3.41. The number of carbonyl (C=O) groups is 1. The number of rotatable bonds is 4. The number of pyridine rings is 1. The van der Waals surface area contributed by atoms with Crippen LogP contribution in [0.5, 0.6) is 0 Å². The predicted octanol–water partition coefficient (Wildman–Crippen LogP) is 2.32. The SMILES string of the molecule is O=C(O)CONc1ccnc2cc(Cl)ccc12. The lowest BCUT2D eigenvalue weighted by molar-refractivity contribution is -0.141. The van der Waals surface area contributed by atoms with Gasteiger partial charge in [0.05, 0.1) is 11.2 Å². The first-order chi connectivity index (χ1) is 8.16. The highest BCUT2D eigenvalue weighted by Gasteiger charge is 2.03. The molecule has 0 bridgehead atoms. The first kappa shape index (κ1) is 11.6. The first-order valence-electron chi connectivity index (χ1n) is 4.80. The second kappa shape index (κ2) is 4.99. The standard InChI is InChI=1S/C11H9ClN2O3/c12-7-1-2-8-9(14-17-6-11(15)16)3-4-13-10(8)5-7/h1-5H,6H2,(H,13,14)(H,15,16). The Morgan fingerprint density at radius 2 is 2.29 bits per heavy atom. The molecule has 0 amide bonds. The third kappa shape index (κ3) is 2.83. The van der Waals surface area contributed by atoms with Crippen LogP contribution in [0.3, 0.4) is 0 Å². The molecule has 5 nitrogen and oxygen atoms in total. The number of benzene rings is 1. The van der Waals surface area contributed by atoms with E-state index in [1.54, 1.807) is 30.5 Å². The molecule has 0 radical (unpaired) electrons. The van der Waals surface area contributed by atoms with Crippen molar-refractivity contribution in [3.63, 3.8) is 0 Å². The molecule has 0 saturated heterocycles. The summed E-state index contributed by atoms with van der Waals surface area (Å²) in [5, 5.41) is 9.85. The van der Waals surface area contributed by atoms with Crippen LogP contribution in [0, 0.1) is 0 Å². The van der Waals surface area contributed by atoms with Gasteiger partial charge in [0.25, 0.3) is 0 Å². The van der Waals surface area contributed by atoms with Crippen LogP contribution in [0.2, 0.25) is 5.02 Å². The van der Waals surface area contributed by atoms with Crippen molar-refractivity contribution in [3.8, 4) is 0 Å². The molecule has 1 aromatic heterocycles. The molecule has 0 saturated carbocycles. The van der Waals surface area contributed by atoms with Gasteiger partial charge in [-0.2, -0.15) is 0 Å². The largest absolute Gasteiger partial charge is 0.479 e. The van der Waals surface area contributed by atoms with E-state index in [1.165, 1.54) is 0 Å². The summed E-state index contributed by atoms with van der Waals surface area (Å²) in [6, 6.07) is 6.93. The fourth-order valence-corrected chi connectivity index (χ4v) is 1.55. The third-order valence-corrected chi connectivity index (χ3v) is 2.32. The number of fused-ring (bicyclic) bond motifs is 1. The number of carboxylic acids is 1. The van der Waals surface area contributed by atoms with Gasteiger partial charge >= 0.3 is 5.97 Å². The Morgan fingerprint density at radius 1 is 1.47 bits per heavy atom. The zero-order valence-corrected chi connectivity index (χ0v) is 9.44. The third-order valence-electron chi connectivity index (χ3n) is 2.08. The molecule has 17 heavy (non-hydrogen) atoms. The van der Waals surface area contributed by atoms with E-state index in [0.29, 0.717) is 16.2 Å². The molecule has 1 heterocycles. The average Bonchev–Trinajstić information content (AvgIpc) is 2.28. The van der Waals surface area contributed by atoms with Crippen molar-refractivity contribution in [1.82, 2.24) is 4.98 Å². The Hall–Kier alpha value is -1.85. The van der Waals surface area contributed by atoms with Gasteiger partial charge in [0, 0.05) is 16.6 Å². The van der Waals surface area contributed by atoms with E-state index in [4.69, 9.17) is 21.5 Å². The molecule has 2 aromatic rings. The quantitative estimate of drug-likeness (QED) is 0.817. The summed E-state index contributed by atoms with van der Waals surface area (Å²) in [6.07, 6.45) is 1.59. The maximum atomic E-state index is 10.3. The van der Waals surface area contributed by atoms with Crippen LogP contribution in [-0.4, -0.2) is 22.7 Å². The highest BCUT2D eigenvalue weighted by Crippen LogP contribution is 2.24. The zero-order valence-electron chi connectivity index (χ0n) is 8.68. The summed E-state index contributed by atoms with van der Waals surface area (Å²) in [5.41, 5.74) is 3.93. The number of nitrogens with zero attached hydrogens (tertiary/aromatic N) is 1. The molecule has 2 N–H and O–H groups in total. The lowest BCUT2D eigenvalue weighted by Gasteiger charge is -2.08. The maximum absolute atomic E-state index is 10.3. The molecule has 0 atom stereocenters. The second-order valence-electron chi connectivity index (χ2n) is 3.30. The van der Waals surface area contributed by atoms with Crippen molar-refractivity contribution in [1.29, 1.82) is 0 Å². The molecule has 0 unspecified atom stereocenters.